The summed E-state index contributed by atoms with van der Waals surface area (Å²) in [6, 6.07) is -0.139. The number of carbonyl (C=O) groups is 3. The number of piperazine rings is 1. The molecule has 1 atom stereocenters. The molecule has 1 aliphatic rings. The molecule has 0 unspecified atom stereocenters. The Hall–Kier alpha value is -1.34. The summed E-state index contributed by atoms with van der Waals surface area (Å²) in [5, 5.41) is 2.65. The third-order valence-corrected chi connectivity index (χ3v) is 2.87. The zero-order chi connectivity index (χ0) is 13.7. The van der Waals surface area contributed by atoms with Crippen LogP contribution >= 0.6 is 12.4 Å². The first-order valence-corrected chi connectivity index (χ1v) is 6.07. The summed E-state index contributed by atoms with van der Waals surface area (Å²) in [4.78, 5) is 37.7. The molecule has 0 aromatic heterocycles. The predicted octanol–water partition coefficient (Wildman–Crippen LogP) is -1.44. The molecule has 8 heteroatoms. The molecule has 1 saturated heterocycles. The fourth-order valence-electron chi connectivity index (χ4n) is 1.72. The molecule has 0 aliphatic carbocycles. The SMILES string of the molecule is CCN1CCN(CC(=O)N[C@@H](C)CN)C(=O)C1=O.Cl. The van der Waals surface area contributed by atoms with E-state index >= 15 is 0 Å². The van der Waals surface area contributed by atoms with Gasteiger partial charge in [-0.25, -0.2) is 0 Å². The summed E-state index contributed by atoms with van der Waals surface area (Å²) in [6.07, 6.45) is 0. The maximum absolute atomic E-state index is 11.7. The topological polar surface area (TPSA) is 95.7 Å². The largest absolute Gasteiger partial charge is 0.351 e. The van der Waals surface area contributed by atoms with Crippen LogP contribution in [0.1, 0.15) is 13.8 Å². The number of rotatable bonds is 5. The number of hydrogen-bond donors (Lipinski definition) is 2. The van der Waals surface area contributed by atoms with Crippen LogP contribution in [0.15, 0.2) is 0 Å². The number of halogens is 1. The maximum atomic E-state index is 11.7. The molecular weight excluding hydrogens is 272 g/mol. The summed E-state index contributed by atoms with van der Waals surface area (Å²) in [5.74, 6) is -1.44. The van der Waals surface area contributed by atoms with Gasteiger partial charge in [0.1, 0.15) is 6.54 Å². The van der Waals surface area contributed by atoms with Crippen molar-refractivity contribution >= 4 is 30.1 Å². The summed E-state index contributed by atoms with van der Waals surface area (Å²) in [7, 11) is 0. The zero-order valence-corrected chi connectivity index (χ0v) is 12.0. The van der Waals surface area contributed by atoms with E-state index in [1.165, 1.54) is 9.80 Å². The molecular formula is C11H21ClN4O3. The minimum Gasteiger partial charge on any atom is -0.351 e. The second-order valence-electron chi connectivity index (χ2n) is 4.32. The van der Waals surface area contributed by atoms with Gasteiger partial charge in [-0.2, -0.15) is 0 Å². The van der Waals surface area contributed by atoms with Crippen molar-refractivity contribution in [3.63, 3.8) is 0 Å². The highest BCUT2D eigenvalue weighted by atomic mass is 35.5. The lowest BCUT2D eigenvalue weighted by atomic mass is 10.2. The van der Waals surface area contributed by atoms with E-state index in [1.807, 2.05) is 6.92 Å². The normalized spacial score (nSPS) is 17.0. The van der Waals surface area contributed by atoms with Crippen molar-refractivity contribution in [2.24, 2.45) is 5.73 Å². The molecule has 19 heavy (non-hydrogen) atoms. The summed E-state index contributed by atoms with van der Waals surface area (Å²) < 4.78 is 0. The van der Waals surface area contributed by atoms with Gasteiger partial charge in [-0.05, 0) is 13.8 Å². The molecule has 1 fully saturated rings. The van der Waals surface area contributed by atoms with E-state index in [2.05, 4.69) is 5.32 Å². The van der Waals surface area contributed by atoms with E-state index in [-0.39, 0.29) is 30.9 Å². The number of hydrogen-bond acceptors (Lipinski definition) is 4. The average molecular weight is 293 g/mol. The number of nitrogens with two attached hydrogens (primary N) is 1. The number of likely N-dealkylation sites (N-methyl/N-ethyl adjacent to an activating group) is 1. The van der Waals surface area contributed by atoms with E-state index in [0.29, 0.717) is 26.2 Å². The highest BCUT2D eigenvalue weighted by Crippen LogP contribution is 2.04. The standard InChI is InChI=1S/C11H20N4O3.ClH/c1-3-14-4-5-15(11(18)10(14)17)7-9(16)13-8(2)6-12;/h8H,3-7,12H2,1-2H3,(H,13,16);1H/t8-;/m0./s1. The predicted molar refractivity (Wildman–Crippen MR) is 72.7 cm³/mol. The molecule has 0 aromatic rings. The van der Waals surface area contributed by atoms with Crippen molar-refractivity contribution in [2.45, 2.75) is 19.9 Å². The minimum absolute atomic E-state index is 0. The van der Waals surface area contributed by atoms with Gasteiger partial charge in [0.15, 0.2) is 0 Å². The number of nitrogens with one attached hydrogen (secondary N) is 1. The highest BCUT2D eigenvalue weighted by molar-refractivity contribution is 6.35. The van der Waals surface area contributed by atoms with Crippen LogP contribution < -0.4 is 11.1 Å². The lowest BCUT2D eigenvalue weighted by molar-refractivity contribution is -0.156. The smallest absolute Gasteiger partial charge is 0.312 e. The van der Waals surface area contributed by atoms with Crippen LogP contribution in [0.4, 0.5) is 0 Å². The summed E-state index contributed by atoms with van der Waals surface area (Å²) in [6.45, 7) is 5.21. The van der Waals surface area contributed by atoms with Crippen LogP contribution in [-0.4, -0.2) is 66.3 Å². The van der Waals surface area contributed by atoms with Gasteiger partial charge in [0.05, 0.1) is 0 Å². The third-order valence-electron chi connectivity index (χ3n) is 2.87. The lowest BCUT2D eigenvalue weighted by Gasteiger charge is -2.32. The third kappa shape index (κ3) is 4.68. The van der Waals surface area contributed by atoms with Crippen LogP contribution in [0.2, 0.25) is 0 Å². The van der Waals surface area contributed by atoms with Gasteiger partial charge in [-0.1, -0.05) is 0 Å². The Labute approximate surface area is 118 Å². The van der Waals surface area contributed by atoms with Gasteiger partial charge in [0.2, 0.25) is 5.91 Å². The average Bonchev–Trinajstić information content (AvgIpc) is 2.35. The second-order valence-corrected chi connectivity index (χ2v) is 4.32. The first-order chi connectivity index (χ1) is 8.49. The van der Waals surface area contributed by atoms with E-state index in [4.69, 9.17) is 5.73 Å². The van der Waals surface area contributed by atoms with Crippen LogP contribution in [0.3, 0.4) is 0 Å². The van der Waals surface area contributed by atoms with Crippen LogP contribution in [-0.2, 0) is 14.4 Å². The van der Waals surface area contributed by atoms with Gasteiger partial charge in [-0.15, -0.1) is 12.4 Å². The Balaban J connectivity index is 0.00000324. The molecule has 0 bridgehead atoms. The van der Waals surface area contributed by atoms with Crippen LogP contribution in [0.5, 0.6) is 0 Å². The molecule has 3 N–H and O–H groups in total. The molecule has 0 radical (unpaired) electrons. The van der Waals surface area contributed by atoms with E-state index in [9.17, 15) is 14.4 Å². The maximum Gasteiger partial charge on any atom is 0.312 e. The van der Waals surface area contributed by atoms with Crippen LogP contribution in [0, 0.1) is 0 Å². The van der Waals surface area contributed by atoms with Gasteiger partial charge in [0, 0.05) is 32.2 Å². The highest BCUT2D eigenvalue weighted by Gasteiger charge is 2.32. The molecule has 0 saturated carbocycles. The van der Waals surface area contributed by atoms with Gasteiger partial charge in [-0.3, -0.25) is 14.4 Å². The summed E-state index contributed by atoms with van der Waals surface area (Å²) >= 11 is 0. The number of nitrogens with zero attached hydrogens (tertiary/aromatic N) is 2. The monoisotopic (exact) mass is 292 g/mol. The molecule has 1 aliphatic heterocycles. The Morgan fingerprint density at radius 2 is 1.84 bits per heavy atom. The number of carbonyl (C=O) groups excluding carboxylic acids is 3. The van der Waals surface area contributed by atoms with Crippen molar-refractivity contribution in [3.05, 3.63) is 0 Å². The zero-order valence-electron chi connectivity index (χ0n) is 11.2. The first-order valence-electron chi connectivity index (χ1n) is 6.07. The summed E-state index contributed by atoms with van der Waals surface area (Å²) in [5.41, 5.74) is 5.38. The van der Waals surface area contributed by atoms with Crippen molar-refractivity contribution in [1.82, 2.24) is 15.1 Å². The molecule has 3 amide bonds. The van der Waals surface area contributed by atoms with Crippen LogP contribution in [0.25, 0.3) is 0 Å². The first kappa shape index (κ1) is 17.7. The van der Waals surface area contributed by atoms with E-state index in [1.54, 1.807) is 6.92 Å². The molecule has 0 spiro atoms. The van der Waals surface area contributed by atoms with Gasteiger partial charge in [0.25, 0.3) is 0 Å². The van der Waals surface area contributed by atoms with Gasteiger partial charge < -0.3 is 20.9 Å². The number of amides is 3. The molecule has 0 aromatic carbocycles. The molecule has 1 heterocycles. The lowest BCUT2D eigenvalue weighted by Crippen LogP contribution is -2.56. The van der Waals surface area contributed by atoms with Crippen molar-refractivity contribution < 1.29 is 14.4 Å². The Morgan fingerprint density at radius 3 is 2.37 bits per heavy atom. The molecule has 7 nitrogen and oxygen atoms in total. The van der Waals surface area contributed by atoms with Crippen molar-refractivity contribution in [3.8, 4) is 0 Å². The molecule has 1 rings (SSSR count). The Kier molecular flexibility index (Phi) is 7.40. The van der Waals surface area contributed by atoms with E-state index in [0.717, 1.165) is 0 Å². The van der Waals surface area contributed by atoms with Gasteiger partial charge >= 0.3 is 11.8 Å². The Morgan fingerprint density at radius 1 is 1.32 bits per heavy atom. The van der Waals surface area contributed by atoms with E-state index < -0.39 is 11.8 Å². The Bertz CT molecular complexity index is 351. The fourth-order valence-corrected chi connectivity index (χ4v) is 1.72. The van der Waals surface area contributed by atoms with Crippen molar-refractivity contribution in [2.75, 3.05) is 32.7 Å². The fraction of sp³-hybridized carbons (Fsp3) is 0.727. The van der Waals surface area contributed by atoms with Crippen molar-refractivity contribution in [1.29, 1.82) is 0 Å². The minimum atomic E-state index is -0.612. The molecule has 110 valence electrons. The second kappa shape index (κ2) is 7.96. The quantitative estimate of drug-likeness (QED) is 0.607.